The van der Waals surface area contributed by atoms with Crippen LogP contribution in [0.15, 0.2) is 0 Å². The normalized spacial score (nSPS) is 11.1. The van der Waals surface area contributed by atoms with Crippen LogP contribution in [-0.4, -0.2) is 28.7 Å². The fraction of sp³-hybridized carbons (Fsp3) is 0.429. The van der Waals surface area contributed by atoms with Gasteiger partial charge in [-0.05, 0) is 6.92 Å². The molecular formula is C7H6F3N3O3S. The zero-order chi connectivity index (χ0) is 13.1. The molecule has 17 heavy (non-hydrogen) atoms. The number of hydrogen-bond acceptors (Lipinski definition) is 6. The third-order valence-corrected chi connectivity index (χ3v) is 2.23. The molecule has 94 valence electrons. The van der Waals surface area contributed by atoms with Gasteiger partial charge in [0.15, 0.2) is 0 Å². The van der Waals surface area contributed by atoms with Crippen LogP contribution in [-0.2, 0) is 20.5 Å². The highest BCUT2D eigenvalue weighted by molar-refractivity contribution is 7.15. The minimum Gasteiger partial charge on any atom is -0.459 e. The molecule has 1 aromatic rings. The van der Waals surface area contributed by atoms with Gasteiger partial charge in [-0.1, -0.05) is 11.3 Å². The maximum Gasteiger partial charge on any atom is 0.445 e. The van der Waals surface area contributed by atoms with E-state index >= 15 is 0 Å². The van der Waals surface area contributed by atoms with E-state index in [9.17, 15) is 22.8 Å². The number of carbonyl (C=O) groups is 2. The monoisotopic (exact) mass is 269 g/mol. The molecule has 0 aliphatic heterocycles. The summed E-state index contributed by atoms with van der Waals surface area (Å²) in [6.45, 7) is 1.47. The largest absolute Gasteiger partial charge is 0.459 e. The van der Waals surface area contributed by atoms with E-state index in [4.69, 9.17) is 0 Å². The highest BCUT2D eigenvalue weighted by atomic mass is 32.1. The Balaban J connectivity index is 2.67. The van der Waals surface area contributed by atoms with Crippen molar-refractivity contribution in [1.82, 2.24) is 10.2 Å². The smallest absolute Gasteiger partial charge is 0.445 e. The molecule has 10 heteroatoms. The number of aromatic nitrogens is 2. The Kier molecular flexibility index (Phi) is 3.99. The number of nitrogens with zero attached hydrogens (tertiary/aromatic N) is 2. The van der Waals surface area contributed by atoms with Gasteiger partial charge in [0.25, 0.3) is 0 Å². The van der Waals surface area contributed by atoms with Crippen LogP contribution in [0.3, 0.4) is 0 Å². The van der Waals surface area contributed by atoms with Crippen molar-refractivity contribution in [3.8, 4) is 0 Å². The zero-order valence-corrected chi connectivity index (χ0v) is 9.18. The Hall–Kier alpha value is -1.71. The first-order valence-corrected chi connectivity index (χ1v) is 5.05. The average Bonchev–Trinajstić information content (AvgIpc) is 2.66. The summed E-state index contributed by atoms with van der Waals surface area (Å²) in [4.78, 5) is 21.9. The topological polar surface area (TPSA) is 81.2 Å². The van der Waals surface area contributed by atoms with Crippen LogP contribution in [0.25, 0.3) is 0 Å². The van der Waals surface area contributed by atoms with Crippen molar-refractivity contribution in [3.63, 3.8) is 0 Å². The summed E-state index contributed by atoms with van der Waals surface area (Å²) in [7, 11) is 0. The van der Waals surface area contributed by atoms with Gasteiger partial charge in [0, 0.05) is 0 Å². The molecule has 1 aromatic heterocycles. The van der Waals surface area contributed by atoms with Crippen LogP contribution >= 0.6 is 11.3 Å². The highest BCUT2D eigenvalue weighted by Gasteiger charge is 2.36. The molecule has 0 fully saturated rings. The maximum atomic E-state index is 12.1. The molecular weight excluding hydrogens is 263 g/mol. The summed E-state index contributed by atoms with van der Waals surface area (Å²) in [5, 5.41) is 6.11. The summed E-state index contributed by atoms with van der Waals surface area (Å²) in [6, 6.07) is 0. The van der Waals surface area contributed by atoms with E-state index in [1.807, 2.05) is 5.32 Å². The molecule has 0 aromatic carbocycles. The summed E-state index contributed by atoms with van der Waals surface area (Å²) < 4.78 is 40.7. The van der Waals surface area contributed by atoms with Crippen molar-refractivity contribution >= 4 is 28.3 Å². The van der Waals surface area contributed by atoms with E-state index in [-0.39, 0.29) is 17.9 Å². The number of nitrogens with one attached hydrogen (secondary N) is 1. The molecule has 6 nitrogen and oxygen atoms in total. The molecule has 1 rings (SSSR count). The van der Waals surface area contributed by atoms with Gasteiger partial charge in [-0.3, -0.25) is 10.1 Å². The van der Waals surface area contributed by atoms with Gasteiger partial charge >= 0.3 is 18.1 Å². The molecule has 0 atom stereocenters. The minimum absolute atomic E-state index is 0.0177. The van der Waals surface area contributed by atoms with E-state index in [0.717, 1.165) is 0 Å². The quantitative estimate of drug-likeness (QED) is 0.641. The number of alkyl halides is 3. The van der Waals surface area contributed by atoms with Crippen molar-refractivity contribution in [2.45, 2.75) is 13.1 Å². The van der Waals surface area contributed by atoms with Crippen molar-refractivity contribution in [1.29, 1.82) is 0 Å². The molecule has 1 heterocycles. The molecule has 0 spiro atoms. The van der Waals surface area contributed by atoms with Crippen LogP contribution in [0.1, 0.15) is 11.9 Å². The summed E-state index contributed by atoms with van der Waals surface area (Å²) in [6.07, 6.45) is -4.63. The molecule has 1 N–H and O–H groups in total. The lowest BCUT2D eigenvalue weighted by molar-refractivity contribution is -0.152. The second-order valence-electron chi connectivity index (χ2n) is 2.58. The first-order valence-electron chi connectivity index (χ1n) is 4.23. The van der Waals surface area contributed by atoms with Gasteiger partial charge in [-0.15, -0.1) is 10.2 Å². The predicted molar refractivity (Wildman–Crippen MR) is 50.2 cm³/mol. The van der Waals surface area contributed by atoms with Gasteiger partial charge in [-0.2, -0.15) is 13.2 Å². The van der Waals surface area contributed by atoms with E-state index in [2.05, 4.69) is 14.9 Å². The zero-order valence-electron chi connectivity index (χ0n) is 8.37. The van der Waals surface area contributed by atoms with Gasteiger partial charge in [0.1, 0.15) is 0 Å². The number of anilines is 1. The van der Waals surface area contributed by atoms with Gasteiger partial charge < -0.3 is 4.74 Å². The SMILES string of the molecule is CCOC(=O)C(=O)Nc1nnc(C(F)(F)F)s1. The number of halogens is 3. The maximum absolute atomic E-state index is 12.1. The molecule has 0 radical (unpaired) electrons. The number of hydrogen-bond donors (Lipinski definition) is 1. The van der Waals surface area contributed by atoms with Crippen molar-refractivity contribution in [2.75, 3.05) is 11.9 Å². The fourth-order valence-corrected chi connectivity index (χ4v) is 1.34. The predicted octanol–water partition coefficient (Wildman–Crippen LogP) is 1.06. The van der Waals surface area contributed by atoms with E-state index in [1.54, 1.807) is 0 Å². The average molecular weight is 269 g/mol. The molecule has 0 saturated carbocycles. The Labute approximate surface area is 96.8 Å². The van der Waals surface area contributed by atoms with E-state index in [0.29, 0.717) is 0 Å². The van der Waals surface area contributed by atoms with Gasteiger partial charge in [-0.25, -0.2) is 4.79 Å². The van der Waals surface area contributed by atoms with Gasteiger partial charge in [0.2, 0.25) is 10.1 Å². The summed E-state index contributed by atoms with van der Waals surface area (Å²) in [5.41, 5.74) is 0. The fourth-order valence-electron chi connectivity index (χ4n) is 0.733. The number of rotatable bonds is 2. The molecule has 0 unspecified atom stereocenters. The first-order chi connectivity index (χ1) is 7.84. The van der Waals surface area contributed by atoms with Crippen LogP contribution in [0, 0.1) is 0 Å². The third-order valence-electron chi connectivity index (χ3n) is 1.35. The Morgan fingerprint density at radius 1 is 1.41 bits per heavy atom. The number of carbonyl (C=O) groups excluding carboxylic acids is 2. The van der Waals surface area contributed by atoms with Crippen LogP contribution in [0.2, 0.25) is 0 Å². The summed E-state index contributed by atoms with van der Waals surface area (Å²) in [5.74, 6) is -2.40. The van der Waals surface area contributed by atoms with Crippen LogP contribution in [0.4, 0.5) is 18.3 Å². The van der Waals surface area contributed by atoms with Crippen molar-refractivity contribution < 1.29 is 27.5 Å². The van der Waals surface area contributed by atoms with Crippen LogP contribution < -0.4 is 5.32 Å². The third kappa shape index (κ3) is 3.66. The number of ether oxygens (including phenoxy) is 1. The van der Waals surface area contributed by atoms with Crippen LogP contribution in [0.5, 0.6) is 0 Å². The Morgan fingerprint density at radius 3 is 2.53 bits per heavy atom. The lowest BCUT2D eigenvalue weighted by atomic mass is 10.6. The van der Waals surface area contributed by atoms with E-state index < -0.39 is 28.2 Å². The van der Waals surface area contributed by atoms with Crippen molar-refractivity contribution in [3.05, 3.63) is 5.01 Å². The second-order valence-corrected chi connectivity index (χ2v) is 3.56. The molecule has 1 amide bonds. The molecule has 0 aliphatic carbocycles. The number of esters is 1. The lowest BCUT2D eigenvalue weighted by Crippen LogP contribution is -2.24. The molecule has 0 saturated heterocycles. The Morgan fingerprint density at radius 2 is 2.06 bits per heavy atom. The lowest BCUT2D eigenvalue weighted by Gasteiger charge is -2.00. The second kappa shape index (κ2) is 5.08. The standard InChI is InChI=1S/C7H6F3N3O3S/c1-2-16-4(15)3(14)11-6-13-12-5(17-6)7(8,9)10/h2H2,1H3,(H,11,13,14). The van der Waals surface area contributed by atoms with Crippen molar-refractivity contribution in [2.24, 2.45) is 0 Å². The van der Waals surface area contributed by atoms with E-state index in [1.165, 1.54) is 6.92 Å². The Bertz CT molecular complexity index is 431. The summed E-state index contributed by atoms with van der Waals surface area (Å²) >= 11 is 0.117. The number of amides is 1. The first kappa shape index (κ1) is 13.4. The highest BCUT2D eigenvalue weighted by Crippen LogP contribution is 2.32. The minimum atomic E-state index is -4.63. The molecule has 0 bridgehead atoms. The molecule has 0 aliphatic rings. The van der Waals surface area contributed by atoms with Gasteiger partial charge in [0.05, 0.1) is 6.61 Å².